The molecular formula is C61H42N4. The van der Waals surface area contributed by atoms with Crippen molar-refractivity contribution in [3.8, 4) is 16.8 Å². The molecule has 1 unspecified atom stereocenters. The monoisotopic (exact) mass is 830 g/mol. The summed E-state index contributed by atoms with van der Waals surface area (Å²) in [4.78, 5) is 5.44. The van der Waals surface area contributed by atoms with E-state index in [1.165, 1.54) is 86.8 Å². The van der Waals surface area contributed by atoms with E-state index in [2.05, 4.69) is 239 Å². The van der Waals surface area contributed by atoms with Crippen molar-refractivity contribution in [1.82, 2.24) is 14.5 Å². The average molecular weight is 831 g/mol. The van der Waals surface area contributed by atoms with Gasteiger partial charge in [0.1, 0.15) is 6.34 Å². The van der Waals surface area contributed by atoms with Crippen LogP contribution in [0.4, 0.5) is 0 Å². The Balaban J connectivity index is 1.11. The zero-order chi connectivity index (χ0) is 43.0. The predicted octanol–water partition coefficient (Wildman–Crippen LogP) is 15.2. The number of likely N-dealkylation sites (N-methyl/N-ethyl adjacent to an activating group) is 1. The van der Waals surface area contributed by atoms with Crippen LogP contribution >= 0.6 is 0 Å². The number of nitrogens with one attached hydrogen (secondary N) is 1. The third kappa shape index (κ3) is 5.71. The SMILES string of the molecule is CNC1C=CC=C/C1=C(/N=C/n1c2ccccc2c2c3c4ccccc4c(-c4ccc5c(c4)c4c6ccccc6ccc4n5-c4ccccc4)cc3c3ccccc3c21)c1ccccc1. The number of hydrogen-bond acceptors (Lipinski definition) is 2. The molecule has 0 spiro atoms. The van der Waals surface area contributed by atoms with Crippen LogP contribution in [-0.4, -0.2) is 28.6 Å². The molecule has 65 heavy (non-hydrogen) atoms. The molecule has 1 N–H and O–H groups in total. The standard InChI is InChI=1S/C61H42N4/c1-62-53-30-16-14-28-48(53)60(40-19-4-2-5-20-40)63-38-64-54-31-17-15-29-49(54)59-58-46-26-12-10-24-44(46)50(37-51(58)45-25-11-13-27-47(45)61(59)64)41-33-34-55-52(36-41)57-43-23-9-8-18-39(43)32-35-56(57)65(55)42-21-6-3-7-22-42/h2-38,53,62H,1H3/b60-48-,63-38+. The molecule has 12 aromatic rings. The summed E-state index contributed by atoms with van der Waals surface area (Å²) >= 11 is 0. The topological polar surface area (TPSA) is 34.2 Å². The van der Waals surface area contributed by atoms with Crippen molar-refractivity contribution in [3.05, 3.63) is 230 Å². The highest BCUT2D eigenvalue weighted by Gasteiger charge is 2.23. The Hall–Kier alpha value is -8.31. The molecule has 306 valence electrons. The number of benzene rings is 10. The molecule has 1 atom stereocenters. The van der Waals surface area contributed by atoms with Crippen LogP contribution in [0.3, 0.4) is 0 Å². The number of allylic oxidation sites excluding steroid dienone is 2. The third-order valence-corrected chi connectivity index (χ3v) is 13.6. The minimum Gasteiger partial charge on any atom is -0.310 e. The summed E-state index contributed by atoms with van der Waals surface area (Å²) in [6.07, 6.45) is 10.6. The maximum absolute atomic E-state index is 5.44. The molecule has 2 heterocycles. The summed E-state index contributed by atoms with van der Waals surface area (Å²) in [7, 11) is 2.00. The first-order valence-electron chi connectivity index (χ1n) is 22.4. The molecule has 0 saturated heterocycles. The van der Waals surface area contributed by atoms with Crippen LogP contribution < -0.4 is 5.32 Å². The number of nitrogens with zero attached hydrogens (tertiary/aromatic N) is 3. The summed E-state index contributed by atoms with van der Waals surface area (Å²) in [6.45, 7) is 0. The Bertz CT molecular complexity index is 4030. The van der Waals surface area contributed by atoms with Crippen molar-refractivity contribution in [1.29, 1.82) is 0 Å². The van der Waals surface area contributed by atoms with Crippen molar-refractivity contribution >= 4 is 98.7 Å². The maximum atomic E-state index is 5.44. The van der Waals surface area contributed by atoms with Crippen LogP contribution in [0.5, 0.6) is 0 Å². The van der Waals surface area contributed by atoms with E-state index in [1.54, 1.807) is 0 Å². The Morgan fingerprint density at radius 1 is 0.508 bits per heavy atom. The highest BCUT2D eigenvalue weighted by molar-refractivity contribution is 6.38. The van der Waals surface area contributed by atoms with Gasteiger partial charge >= 0.3 is 0 Å². The maximum Gasteiger partial charge on any atom is 0.100 e. The highest BCUT2D eigenvalue weighted by atomic mass is 15.0. The van der Waals surface area contributed by atoms with Gasteiger partial charge in [-0.1, -0.05) is 176 Å². The first-order chi connectivity index (χ1) is 32.2. The van der Waals surface area contributed by atoms with Crippen LogP contribution in [0.25, 0.3) is 109 Å². The molecule has 13 rings (SSSR count). The second kappa shape index (κ2) is 14.9. The fourth-order valence-corrected chi connectivity index (χ4v) is 10.8. The van der Waals surface area contributed by atoms with Gasteiger partial charge in [0.05, 0.1) is 33.8 Å². The molecule has 0 saturated carbocycles. The van der Waals surface area contributed by atoms with Gasteiger partial charge in [-0.2, -0.15) is 0 Å². The first kappa shape index (κ1) is 37.3. The summed E-state index contributed by atoms with van der Waals surface area (Å²) in [5, 5.41) is 18.3. The minimum atomic E-state index is 0.0402. The second-order valence-corrected chi connectivity index (χ2v) is 17.1. The van der Waals surface area contributed by atoms with Gasteiger partial charge in [-0.3, -0.25) is 4.57 Å². The lowest BCUT2D eigenvalue weighted by molar-refractivity contribution is 0.762. The van der Waals surface area contributed by atoms with E-state index < -0.39 is 0 Å². The van der Waals surface area contributed by atoms with Gasteiger partial charge in [0.15, 0.2) is 0 Å². The molecular weight excluding hydrogens is 789 g/mol. The van der Waals surface area contributed by atoms with E-state index in [0.29, 0.717) is 0 Å². The molecule has 0 fully saturated rings. The Kier molecular flexibility index (Phi) is 8.55. The van der Waals surface area contributed by atoms with Crippen LogP contribution in [0, 0.1) is 0 Å². The number of rotatable bonds is 6. The number of para-hydroxylation sites is 2. The van der Waals surface area contributed by atoms with Crippen molar-refractivity contribution in [3.63, 3.8) is 0 Å². The van der Waals surface area contributed by atoms with Crippen molar-refractivity contribution < 1.29 is 0 Å². The average Bonchev–Trinajstić information content (AvgIpc) is 3.89. The van der Waals surface area contributed by atoms with E-state index in [0.717, 1.165) is 33.6 Å². The fraction of sp³-hybridized carbons (Fsp3) is 0.0328. The largest absolute Gasteiger partial charge is 0.310 e. The lowest BCUT2D eigenvalue weighted by Crippen LogP contribution is -2.26. The van der Waals surface area contributed by atoms with E-state index in [4.69, 9.17) is 4.99 Å². The van der Waals surface area contributed by atoms with Crippen molar-refractivity contribution in [2.24, 2.45) is 4.99 Å². The molecule has 0 aliphatic heterocycles. The van der Waals surface area contributed by atoms with Gasteiger partial charge in [-0.25, -0.2) is 4.99 Å². The van der Waals surface area contributed by atoms with Gasteiger partial charge in [0, 0.05) is 43.6 Å². The normalized spacial score (nSPS) is 15.1. The predicted molar refractivity (Wildman–Crippen MR) is 278 cm³/mol. The number of aromatic nitrogens is 2. The van der Waals surface area contributed by atoms with E-state index in [9.17, 15) is 0 Å². The smallest absolute Gasteiger partial charge is 0.100 e. The molecule has 1 aliphatic rings. The molecule has 0 radical (unpaired) electrons. The molecule has 4 heteroatoms. The van der Waals surface area contributed by atoms with Gasteiger partial charge in [-0.05, 0) is 98.5 Å². The molecule has 1 aliphatic carbocycles. The van der Waals surface area contributed by atoms with Gasteiger partial charge in [0.2, 0.25) is 0 Å². The van der Waals surface area contributed by atoms with Gasteiger partial charge in [0.25, 0.3) is 0 Å². The second-order valence-electron chi connectivity index (χ2n) is 17.1. The zero-order valence-electron chi connectivity index (χ0n) is 35.8. The lowest BCUT2D eigenvalue weighted by atomic mass is 9.88. The number of aliphatic imine (C=N–C) groups is 1. The van der Waals surface area contributed by atoms with E-state index in [-0.39, 0.29) is 6.04 Å². The van der Waals surface area contributed by atoms with Crippen LogP contribution in [0.2, 0.25) is 0 Å². The molecule has 10 aromatic carbocycles. The van der Waals surface area contributed by atoms with Gasteiger partial charge in [-0.15, -0.1) is 0 Å². The Labute approximate surface area is 376 Å². The highest BCUT2D eigenvalue weighted by Crippen LogP contribution is 2.47. The Morgan fingerprint density at radius 2 is 1.18 bits per heavy atom. The summed E-state index contributed by atoms with van der Waals surface area (Å²) < 4.78 is 4.75. The van der Waals surface area contributed by atoms with Crippen LogP contribution in [-0.2, 0) is 0 Å². The fourth-order valence-electron chi connectivity index (χ4n) is 10.8. The van der Waals surface area contributed by atoms with Crippen molar-refractivity contribution in [2.45, 2.75) is 6.04 Å². The molecule has 0 amide bonds. The molecule has 0 bridgehead atoms. The lowest BCUT2D eigenvalue weighted by Gasteiger charge is -2.19. The first-order valence-corrected chi connectivity index (χ1v) is 22.4. The van der Waals surface area contributed by atoms with Gasteiger partial charge < -0.3 is 9.88 Å². The van der Waals surface area contributed by atoms with Crippen LogP contribution in [0.1, 0.15) is 5.56 Å². The zero-order valence-corrected chi connectivity index (χ0v) is 35.8. The number of fused-ring (bicyclic) bond motifs is 15. The summed E-state index contributed by atoms with van der Waals surface area (Å²) in [5.41, 5.74) is 11.4. The number of hydrogen-bond donors (Lipinski definition) is 1. The summed E-state index contributed by atoms with van der Waals surface area (Å²) in [6, 6.07) is 71.0. The van der Waals surface area contributed by atoms with E-state index in [1.807, 2.05) is 7.05 Å². The third-order valence-electron chi connectivity index (χ3n) is 13.6. The van der Waals surface area contributed by atoms with Crippen LogP contribution in [0.15, 0.2) is 229 Å². The minimum absolute atomic E-state index is 0.0402. The van der Waals surface area contributed by atoms with E-state index >= 15 is 0 Å². The molecule has 2 aromatic heterocycles. The quantitative estimate of drug-likeness (QED) is 0.101. The van der Waals surface area contributed by atoms with Crippen molar-refractivity contribution in [2.75, 3.05) is 7.05 Å². The summed E-state index contributed by atoms with van der Waals surface area (Å²) in [5.74, 6) is 0. The Morgan fingerprint density at radius 3 is 2.00 bits per heavy atom. The molecule has 4 nitrogen and oxygen atoms in total.